The van der Waals surface area contributed by atoms with Crippen LogP contribution in [-0.2, 0) is 0 Å². The van der Waals surface area contributed by atoms with Gasteiger partial charge in [0.25, 0.3) is 5.91 Å². The topological polar surface area (TPSA) is 65.4 Å². The molecule has 6 nitrogen and oxygen atoms in total. The van der Waals surface area contributed by atoms with Crippen LogP contribution in [0.2, 0.25) is 0 Å². The first-order valence-electron chi connectivity index (χ1n) is 8.06. The second-order valence-corrected chi connectivity index (χ2v) is 5.98. The lowest BCUT2D eigenvalue weighted by atomic mass is 9.96. The molecule has 6 heteroatoms. The molecule has 0 atom stereocenters. The molecular formula is C17H19N3O3. The highest BCUT2D eigenvalue weighted by molar-refractivity contribution is 6.04. The number of fused-ring (bicyclic) bond motifs is 1. The number of rotatable bonds is 3. The van der Waals surface area contributed by atoms with Crippen molar-refractivity contribution in [1.82, 2.24) is 9.78 Å². The normalized spacial score (nSPS) is 17.2. The zero-order chi connectivity index (χ0) is 15.6. The number of nitrogens with zero attached hydrogens (tertiary/aromatic N) is 2. The Labute approximate surface area is 134 Å². The molecule has 1 saturated carbocycles. The smallest absolute Gasteiger partial charge is 0.256 e. The van der Waals surface area contributed by atoms with Crippen molar-refractivity contribution in [2.45, 2.75) is 38.1 Å². The summed E-state index contributed by atoms with van der Waals surface area (Å²) in [5.41, 5.74) is 0.547. The number of carbonyl (C=O) groups excluding carboxylic acids is 1. The van der Waals surface area contributed by atoms with E-state index in [2.05, 4.69) is 10.4 Å². The van der Waals surface area contributed by atoms with E-state index < -0.39 is 0 Å². The van der Waals surface area contributed by atoms with Crippen LogP contribution >= 0.6 is 0 Å². The molecule has 1 N–H and O–H groups in total. The molecule has 2 aromatic rings. The molecule has 0 saturated heterocycles. The Bertz CT molecular complexity index is 720. The van der Waals surface area contributed by atoms with Crippen LogP contribution in [0.1, 0.15) is 48.5 Å². The number of amides is 1. The molecule has 23 heavy (non-hydrogen) atoms. The van der Waals surface area contributed by atoms with Crippen LogP contribution in [0.15, 0.2) is 30.5 Å². The van der Waals surface area contributed by atoms with E-state index in [0.29, 0.717) is 23.1 Å². The maximum absolute atomic E-state index is 12.5. The first kappa shape index (κ1) is 14.1. The van der Waals surface area contributed by atoms with E-state index in [0.717, 1.165) is 18.7 Å². The summed E-state index contributed by atoms with van der Waals surface area (Å²) < 4.78 is 12.5. The van der Waals surface area contributed by atoms with E-state index in [1.807, 2.05) is 10.7 Å². The number of ether oxygens (including phenoxy) is 2. The number of hydrogen-bond acceptors (Lipinski definition) is 4. The predicted octanol–water partition coefficient (Wildman–Crippen LogP) is 3.37. The fourth-order valence-electron chi connectivity index (χ4n) is 3.26. The van der Waals surface area contributed by atoms with Crippen molar-refractivity contribution in [3.05, 3.63) is 36.0 Å². The zero-order valence-corrected chi connectivity index (χ0v) is 12.8. The summed E-state index contributed by atoms with van der Waals surface area (Å²) >= 11 is 0. The minimum Gasteiger partial charge on any atom is -0.454 e. The Morgan fingerprint density at radius 3 is 2.83 bits per heavy atom. The maximum atomic E-state index is 12.5. The summed E-state index contributed by atoms with van der Waals surface area (Å²) in [6.45, 7) is 0.203. The molecule has 0 unspecified atom stereocenters. The molecule has 1 aromatic heterocycles. The molecule has 1 aliphatic heterocycles. The summed E-state index contributed by atoms with van der Waals surface area (Å²) in [6.07, 6.45) is 7.71. The van der Waals surface area contributed by atoms with Crippen molar-refractivity contribution in [3.8, 4) is 11.5 Å². The van der Waals surface area contributed by atoms with Crippen molar-refractivity contribution in [2.75, 3.05) is 12.1 Å². The largest absolute Gasteiger partial charge is 0.454 e. The predicted molar refractivity (Wildman–Crippen MR) is 84.9 cm³/mol. The van der Waals surface area contributed by atoms with Crippen LogP contribution in [0.3, 0.4) is 0 Å². The van der Waals surface area contributed by atoms with Crippen molar-refractivity contribution in [1.29, 1.82) is 0 Å². The monoisotopic (exact) mass is 313 g/mol. The Balaban J connectivity index is 1.52. The van der Waals surface area contributed by atoms with Crippen LogP contribution in [-0.4, -0.2) is 22.5 Å². The van der Waals surface area contributed by atoms with Crippen molar-refractivity contribution in [3.63, 3.8) is 0 Å². The minimum atomic E-state index is -0.166. The Morgan fingerprint density at radius 1 is 1.13 bits per heavy atom. The standard InChI is InChI=1S/C17H19N3O3/c21-17(12-6-7-14-15(10-12)23-11-22-14)19-16-8-9-18-20(16)13-4-2-1-3-5-13/h6-10,13H,1-5,11H2,(H,19,21). The third-order valence-corrected chi connectivity index (χ3v) is 4.47. The molecule has 2 heterocycles. The van der Waals surface area contributed by atoms with Crippen LogP contribution in [0.25, 0.3) is 0 Å². The summed E-state index contributed by atoms with van der Waals surface area (Å²) in [6, 6.07) is 7.43. The number of aromatic nitrogens is 2. The first-order chi connectivity index (χ1) is 11.3. The Hall–Kier alpha value is -2.50. The molecule has 1 aromatic carbocycles. The number of hydrogen-bond donors (Lipinski definition) is 1. The molecule has 1 amide bonds. The van der Waals surface area contributed by atoms with Crippen molar-refractivity contribution >= 4 is 11.7 Å². The van der Waals surface area contributed by atoms with Gasteiger partial charge < -0.3 is 14.8 Å². The molecule has 0 bridgehead atoms. The number of anilines is 1. The highest BCUT2D eigenvalue weighted by atomic mass is 16.7. The fourth-order valence-corrected chi connectivity index (χ4v) is 3.26. The van der Waals surface area contributed by atoms with Gasteiger partial charge in [-0.1, -0.05) is 19.3 Å². The lowest BCUT2D eigenvalue weighted by Gasteiger charge is -2.23. The van der Waals surface area contributed by atoms with Gasteiger partial charge in [-0.15, -0.1) is 0 Å². The number of carbonyl (C=O) groups is 1. The average molecular weight is 313 g/mol. The third kappa shape index (κ3) is 2.76. The quantitative estimate of drug-likeness (QED) is 0.943. The highest BCUT2D eigenvalue weighted by Gasteiger charge is 2.20. The van der Waals surface area contributed by atoms with Gasteiger partial charge in [-0.05, 0) is 31.0 Å². The van der Waals surface area contributed by atoms with Gasteiger partial charge in [0, 0.05) is 11.6 Å². The molecule has 0 radical (unpaired) electrons. The van der Waals surface area contributed by atoms with Crippen LogP contribution in [0, 0.1) is 0 Å². The van der Waals surface area contributed by atoms with Gasteiger partial charge in [0.1, 0.15) is 5.82 Å². The lowest BCUT2D eigenvalue weighted by molar-refractivity contribution is 0.102. The fraction of sp³-hybridized carbons (Fsp3) is 0.412. The van der Waals surface area contributed by atoms with E-state index >= 15 is 0 Å². The molecule has 1 fully saturated rings. The Kier molecular flexibility index (Phi) is 3.65. The molecule has 4 rings (SSSR count). The Morgan fingerprint density at radius 2 is 1.96 bits per heavy atom. The SMILES string of the molecule is O=C(Nc1ccnn1C1CCCCC1)c1ccc2c(c1)OCO2. The summed E-state index contributed by atoms with van der Waals surface area (Å²) in [4.78, 5) is 12.5. The zero-order valence-electron chi connectivity index (χ0n) is 12.8. The lowest BCUT2D eigenvalue weighted by Crippen LogP contribution is -2.20. The number of nitrogens with one attached hydrogen (secondary N) is 1. The van der Waals surface area contributed by atoms with Gasteiger partial charge in [0.2, 0.25) is 6.79 Å². The van der Waals surface area contributed by atoms with Crippen LogP contribution in [0.5, 0.6) is 11.5 Å². The van der Waals surface area contributed by atoms with Gasteiger partial charge in [0.15, 0.2) is 11.5 Å². The van der Waals surface area contributed by atoms with E-state index in [-0.39, 0.29) is 12.7 Å². The molecule has 0 spiro atoms. The maximum Gasteiger partial charge on any atom is 0.256 e. The third-order valence-electron chi connectivity index (χ3n) is 4.47. The summed E-state index contributed by atoms with van der Waals surface area (Å²) in [5.74, 6) is 1.87. The van der Waals surface area contributed by atoms with Gasteiger partial charge >= 0.3 is 0 Å². The molecule has 120 valence electrons. The van der Waals surface area contributed by atoms with Gasteiger partial charge in [-0.2, -0.15) is 5.10 Å². The van der Waals surface area contributed by atoms with Gasteiger partial charge in [-0.3, -0.25) is 4.79 Å². The molecule has 2 aliphatic rings. The van der Waals surface area contributed by atoms with E-state index in [9.17, 15) is 4.79 Å². The van der Waals surface area contributed by atoms with Gasteiger partial charge in [-0.25, -0.2) is 4.68 Å². The van der Waals surface area contributed by atoms with Crippen molar-refractivity contribution in [2.24, 2.45) is 0 Å². The van der Waals surface area contributed by atoms with E-state index in [1.165, 1.54) is 19.3 Å². The summed E-state index contributed by atoms with van der Waals surface area (Å²) in [5, 5.41) is 7.36. The van der Waals surface area contributed by atoms with Crippen LogP contribution < -0.4 is 14.8 Å². The average Bonchev–Trinajstić information content (AvgIpc) is 3.23. The highest BCUT2D eigenvalue weighted by Crippen LogP contribution is 2.33. The molecular weight excluding hydrogens is 294 g/mol. The van der Waals surface area contributed by atoms with E-state index in [1.54, 1.807) is 24.4 Å². The summed E-state index contributed by atoms with van der Waals surface area (Å²) in [7, 11) is 0. The first-order valence-corrected chi connectivity index (χ1v) is 8.06. The van der Waals surface area contributed by atoms with Gasteiger partial charge in [0.05, 0.1) is 12.2 Å². The number of benzene rings is 1. The van der Waals surface area contributed by atoms with Crippen molar-refractivity contribution < 1.29 is 14.3 Å². The second-order valence-electron chi connectivity index (χ2n) is 5.98. The second kappa shape index (κ2) is 5.95. The van der Waals surface area contributed by atoms with Crippen LogP contribution in [0.4, 0.5) is 5.82 Å². The molecule has 1 aliphatic carbocycles. The van der Waals surface area contributed by atoms with E-state index in [4.69, 9.17) is 9.47 Å². The minimum absolute atomic E-state index is 0.166.